The molecule has 0 nitrogen and oxygen atoms in total. The first kappa shape index (κ1) is 10.8. The average Bonchev–Trinajstić information content (AvgIpc) is 2.00. The molecule has 0 heterocycles. The number of halogens is 2. The molecule has 0 rings (SSSR count). The van der Waals surface area contributed by atoms with Crippen LogP contribution in [0.2, 0.25) is 0 Å². The van der Waals surface area contributed by atoms with Crippen LogP contribution in [0.1, 0.15) is 13.3 Å². The Morgan fingerprint density at radius 1 is 1.55 bits per heavy atom. The third kappa shape index (κ3) is 4.28. The van der Waals surface area contributed by atoms with E-state index in [-0.39, 0.29) is 0 Å². The molecule has 0 radical (unpaired) electrons. The molecule has 11 heavy (non-hydrogen) atoms. The Hall–Kier alpha value is -0.200. The second kappa shape index (κ2) is 6.51. The van der Waals surface area contributed by atoms with Crippen molar-refractivity contribution in [2.45, 2.75) is 13.3 Å². The largest absolute Gasteiger partial charge is 0.122 e. The van der Waals surface area contributed by atoms with Gasteiger partial charge < -0.3 is 0 Å². The summed E-state index contributed by atoms with van der Waals surface area (Å²) in [6.45, 7) is 5.64. The van der Waals surface area contributed by atoms with Gasteiger partial charge >= 0.3 is 0 Å². The van der Waals surface area contributed by atoms with Crippen molar-refractivity contribution in [1.82, 2.24) is 0 Å². The topological polar surface area (TPSA) is 0 Å². The molecule has 0 saturated heterocycles. The lowest BCUT2D eigenvalue weighted by Crippen LogP contribution is -1.80. The summed E-state index contributed by atoms with van der Waals surface area (Å²) in [5, 5.41) is 0.724. The van der Waals surface area contributed by atoms with Crippen molar-refractivity contribution < 1.29 is 0 Å². The molecule has 0 N–H and O–H groups in total. The van der Waals surface area contributed by atoms with Gasteiger partial charge in [-0.15, -0.1) is 11.6 Å². The summed E-state index contributed by atoms with van der Waals surface area (Å²) in [5.41, 5.74) is 1.07. The minimum atomic E-state index is 0.452. The molecule has 0 spiro atoms. The summed E-state index contributed by atoms with van der Waals surface area (Å²) < 4.78 is 0. The quantitative estimate of drug-likeness (QED) is 0.467. The normalized spacial score (nSPS) is 13.4. The molecule has 0 aliphatic heterocycles. The monoisotopic (exact) mass is 190 g/mol. The Balaban J connectivity index is 4.37. The molecule has 0 aromatic rings. The molecule has 0 aromatic heterocycles. The van der Waals surface area contributed by atoms with Gasteiger partial charge in [-0.1, -0.05) is 43.3 Å². The van der Waals surface area contributed by atoms with Gasteiger partial charge in [-0.2, -0.15) is 0 Å². The Labute approximate surface area is 78.2 Å². The Bertz CT molecular complexity index is 178. The minimum Gasteiger partial charge on any atom is -0.122 e. The van der Waals surface area contributed by atoms with Crippen molar-refractivity contribution in [3.63, 3.8) is 0 Å². The van der Waals surface area contributed by atoms with Gasteiger partial charge in [0.1, 0.15) is 0 Å². The zero-order valence-corrected chi connectivity index (χ0v) is 8.12. The maximum absolute atomic E-state index is 5.89. The van der Waals surface area contributed by atoms with Gasteiger partial charge in [-0.25, -0.2) is 0 Å². The van der Waals surface area contributed by atoms with Gasteiger partial charge in [-0.3, -0.25) is 0 Å². The van der Waals surface area contributed by atoms with Crippen LogP contribution in [0.3, 0.4) is 0 Å². The van der Waals surface area contributed by atoms with Crippen LogP contribution in [0, 0.1) is 0 Å². The molecule has 0 unspecified atom stereocenters. The lowest BCUT2D eigenvalue weighted by molar-refractivity contribution is 1.14. The Kier molecular flexibility index (Phi) is 6.39. The van der Waals surface area contributed by atoms with Crippen molar-refractivity contribution in [2.24, 2.45) is 0 Å². The fourth-order valence-electron chi connectivity index (χ4n) is 0.707. The highest BCUT2D eigenvalue weighted by Gasteiger charge is 1.96. The number of hydrogen-bond acceptors (Lipinski definition) is 0. The van der Waals surface area contributed by atoms with E-state index in [4.69, 9.17) is 23.2 Å². The van der Waals surface area contributed by atoms with Crippen LogP contribution in [0.15, 0.2) is 35.4 Å². The number of alkyl halides is 1. The molecule has 2 heteroatoms. The van der Waals surface area contributed by atoms with Gasteiger partial charge in [-0.05, 0) is 12.0 Å². The lowest BCUT2D eigenvalue weighted by atomic mass is 10.2. The molecule has 62 valence electrons. The third-order valence-corrected chi connectivity index (χ3v) is 1.81. The van der Waals surface area contributed by atoms with Crippen molar-refractivity contribution in [3.05, 3.63) is 35.4 Å². The van der Waals surface area contributed by atoms with Gasteiger partial charge in [0.15, 0.2) is 0 Å². The molecule has 0 bridgehead atoms. The predicted molar refractivity (Wildman–Crippen MR) is 53.2 cm³/mol. The van der Waals surface area contributed by atoms with Crippen molar-refractivity contribution in [1.29, 1.82) is 0 Å². The Morgan fingerprint density at radius 2 is 2.18 bits per heavy atom. The van der Waals surface area contributed by atoms with Crippen LogP contribution in [-0.2, 0) is 0 Å². The summed E-state index contributed by atoms with van der Waals surface area (Å²) in [6.07, 6.45) is 6.30. The highest BCUT2D eigenvalue weighted by Crippen LogP contribution is 2.17. The highest BCUT2D eigenvalue weighted by atomic mass is 35.5. The van der Waals surface area contributed by atoms with E-state index in [0.717, 1.165) is 17.0 Å². The lowest BCUT2D eigenvalue weighted by Gasteiger charge is -1.99. The first-order valence-electron chi connectivity index (χ1n) is 3.49. The highest BCUT2D eigenvalue weighted by molar-refractivity contribution is 6.32. The Morgan fingerprint density at radius 3 is 2.55 bits per heavy atom. The summed E-state index contributed by atoms with van der Waals surface area (Å²) >= 11 is 11.4. The minimum absolute atomic E-state index is 0.452. The van der Waals surface area contributed by atoms with Crippen molar-refractivity contribution >= 4 is 23.2 Å². The summed E-state index contributed by atoms with van der Waals surface area (Å²) in [5.74, 6) is 0.452. The van der Waals surface area contributed by atoms with Crippen LogP contribution in [0.4, 0.5) is 0 Å². The first-order valence-corrected chi connectivity index (χ1v) is 4.41. The van der Waals surface area contributed by atoms with E-state index in [9.17, 15) is 0 Å². The fraction of sp³-hybridized carbons (Fsp3) is 0.333. The maximum atomic E-state index is 5.89. The fourth-order valence-corrected chi connectivity index (χ4v) is 1.21. The van der Waals surface area contributed by atoms with Gasteiger partial charge in [0.25, 0.3) is 0 Å². The van der Waals surface area contributed by atoms with Crippen LogP contribution >= 0.6 is 23.2 Å². The number of rotatable bonds is 4. The second-order valence-corrected chi connectivity index (χ2v) is 2.70. The molecular weight excluding hydrogens is 179 g/mol. The molecule has 0 atom stereocenters. The van der Waals surface area contributed by atoms with E-state index in [2.05, 4.69) is 6.58 Å². The maximum Gasteiger partial charge on any atom is 0.0421 e. The molecule has 0 aliphatic carbocycles. The molecule has 0 amide bonds. The molecular formula is C9H12Cl2. The molecule has 0 saturated carbocycles. The molecule has 0 aliphatic rings. The van der Waals surface area contributed by atoms with E-state index in [1.807, 2.05) is 13.0 Å². The van der Waals surface area contributed by atoms with E-state index in [1.165, 1.54) is 0 Å². The van der Waals surface area contributed by atoms with E-state index in [0.29, 0.717) is 5.88 Å². The smallest absolute Gasteiger partial charge is 0.0421 e. The van der Waals surface area contributed by atoms with E-state index >= 15 is 0 Å². The van der Waals surface area contributed by atoms with Gasteiger partial charge in [0.2, 0.25) is 0 Å². The van der Waals surface area contributed by atoms with E-state index in [1.54, 1.807) is 12.2 Å². The zero-order valence-electron chi connectivity index (χ0n) is 6.61. The summed E-state index contributed by atoms with van der Waals surface area (Å²) in [4.78, 5) is 0. The first-order chi connectivity index (χ1) is 5.26. The number of allylic oxidation sites excluding steroid dienone is 5. The van der Waals surface area contributed by atoms with Crippen LogP contribution in [0.5, 0.6) is 0 Å². The van der Waals surface area contributed by atoms with Gasteiger partial charge in [0, 0.05) is 10.9 Å². The van der Waals surface area contributed by atoms with Crippen LogP contribution < -0.4 is 0 Å². The van der Waals surface area contributed by atoms with E-state index < -0.39 is 0 Å². The third-order valence-electron chi connectivity index (χ3n) is 1.26. The molecule has 0 fully saturated rings. The molecule has 0 aromatic carbocycles. The SMILES string of the molecule is C=C/C=C(CC)\C(Cl)=C/CCl. The van der Waals surface area contributed by atoms with Gasteiger partial charge in [0.05, 0.1) is 0 Å². The van der Waals surface area contributed by atoms with Crippen molar-refractivity contribution in [2.75, 3.05) is 5.88 Å². The average molecular weight is 191 g/mol. The summed E-state index contributed by atoms with van der Waals surface area (Å²) in [6, 6.07) is 0. The zero-order chi connectivity index (χ0) is 8.69. The van der Waals surface area contributed by atoms with Crippen LogP contribution in [-0.4, -0.2) is 5.88 Å². The standard InChI is InChI=1S/C9H12Cl2/c1-3-5-8(4-2)9(11)6-7-10/h3,5-6H,1,4,7H2,2H3/b8-5-,9-6+. The second-order valence-electron chi connectivity index (χ2n) is 1.99. The predicted octanol–water partition coefficient (Wildman–Crippen LogP) is 3.87. The number of hydrogen-bond donors (Lipinski definition) is 0. The van der Waals surface area contributed by atoms with Crippen molar-refractivity contribution in [3.8, 4) is 0 Å². The van der Waals surface area contributed by atoms with Crippen LogP contribution in [0.25, 0.3) is 0 Å². The summed E-state index contributed by atoms with van der Waals surface area (Å²) in [7, 11) is 0.